The Balaban J connectivity index is 1.20. The lowest BCUT2D eigenvalue weighted by Crippen LogP contribution is -2.68. The van der Waals surface area contributed by atoms with Gasteiger partial charge in [-0.1, -0.05) is 22.9 Å². The van der Waals surface area contributed by atoms with Gasteiger partial charge in [-0.25, -0.2) is 14.5 Å². The van der Waals surface area contributed by atoms with E-state index in [9.17, 15) is 18.0 Å². The van der Waals surface area contributed by atoms with Crippen molar-refractivity contribution < 1.29 is 26.9 Å². The van der Waals surface area contributed by atoms with Crippen LogP contribution in [-0.2, 0) is 30.9 Å². The minimum atomic E-state index is -3.57. The molecule has 2 amide bonds. The second-order valence-corrected chi connectivity index (χ2v) is 12.1. The number of rotatable bonds is 9. The summed E-state index contributed by atoms with van der Waals surface area (Å²) < 4.78 is 34.9. The summed E-state index contributed by atoms with van der Waals surface area (Å²) in [6, 6.07) is 6.72. The van der Waals surface area contributed by atoms with Crippen LogP contribution in [0.15, 0.2) is 36.7 Å². The minimum absolute atomic E-state index is 0.0695. The normalized spacial score (nSPS) is 22.3. The molecule has 1 atom stereocenters. The molecule has 13 nitrogen and oxygen atoms in total. The average molecular weight is 576 g/mol. The number of carbonyl (C=O) groups excluding carboxylic acids is 2. The molecule has 2 bridgehead atoms. The summed E-state index contributed by atoms with van der Waals surface area (Å²) in [6.07, 6.45) is 3.15. The van der Waals surface area contributed by atoms with Crippen molar-refractivity contribution in [2.75, 3.05) is 23.5 Å². The van der Waals surface area contributed by atoms with Gasteiger partial charge >= 0.3 is 6.09 Å². The molecule has 0 spiro atoms. The molecule has 15 heteroatoms. The third-order valence-electron chi connectivity index (χ3n) is 7.18. The number of hydrogen-bond acceptors (Lipinski definition) is 10. The first-order valence-electron chi connectivity index (χ1n) is 12.0. The first kappa shape index (κ1) is 27.0. The average Bonchev–Trinajstić information content (AvgIpc) is 3.20. The summed E-state index contributed by atoms with van der Waals surface area (Å²) in [5, 5.41) is 13.8. The van der Waals surface area contributed by atoms with Crippen LogP contribution in [0, 0.1) is 10.8 Å². The van der Waals surface area contributed by atoms with Gasteiger partial charge in [-0.3, -0.25) is 19.3 Å². The molecular weight excluding hydrogens is 550 g/mol. The van der Waals surface area contributed by atoms with Crippen molar-refractivity contribution in [1.29, 1.82) is 0 Å². The quantitative estimate of drug-likeness (QED) is 0.285. The van der Waals surface area contributed by atoms with Gasteiger partial charge in [0.15, 0.2) is 11.5 Å². The number of aromatic nitrogens is 5. The molecule has 2 N–H and O–H groups in total. The summed E-state index contributed by atoms with van der Waals surface area (Å²) in [6.45, 7) is 1.67. The maximum Gasteiger partial charge on any atom is 0.413 e. The lowest BCUT2D eigenvalue weighted by Gasteiger charge is -2.69. The zero-order valence-corrected chi connectivity index (χ0v) is 22.9. The van der Waals surface area contributed by atoms with Gasteiger partial charge in [0.2, 0.25) is 5.91 Å². The Bertz CT molecular complexity index is 1520. The van der Waals surface area contributed by atoms with Crippen molar-refractivity contribution in [1.82, 2.24) is 25.0 Å². The van der Waals surface area contributed by atoms with Crippen molar-refractivity contribution >= 4 is 45.2 Å². The van der Waals surface area contributed by atoms with E-state index in [1.54, 1.807) is 44.4 Å². The molecule has 3 aromatic rings. The lowest BCUT2D eigenvalue weighted by molar-refractivity contribution is -0.193. The number of ether oxygens (including phenoxy) is 1. The molecule has 39 heavy (non-hydrogen) atoms. The molecule has 3 saturated carbocycles. The van der Waals surface area contributed by atoms with E-state index >= 15 is 0 Å². The highest BCUT2D eigenvalue weighted by Gasteiger charge is 2.72. The Morgan fingerprint density at radius 3 is 2.56 bits per heavy atom. The van der Waals surface area contributed by atoms with Crippen LogP contribution in [-0.4, -0.2) is 58.2 Å². The third-order valence-corrected chi connectivity index (χ3v) is 8.97. The van der Waals surface area contributed by atoms with Crippen molar-refractivity contribution in [2.24, 2.45) is 17.9 Å². The van der Waals surface area contributed by atoms with Crippen LogP contribution in [0.2, 0.25) is 5.15 Å². The number of halogens is 1. The highest BCUT2D eigenvalue weighted by Crippen LogP contribution is 2.73. The number of pyridine rings is 2. The lowest BCUT2D eigenvalue weighted by atomic mass is 9.35. The van der Waals surface area contributed by atoms with Gasteiger partial charge in [-0.15, -0.1) is 5.10 Å². The van der Waals surface area contributed by atoms with Crippen molar-refractivity contribution in [3.8, 4) is 11.4 Å². The molecule has 3 aliphatic rings. The zero-order chi connectivity index (χ0) is 28.0. The van der Waals surface area contributed by atoms with Crippen molar-refractivity contribution in [3.63, 3.8) is 0 Å². The SMILES string of the molecule is COS(=O)(=O)CC12CC(C(=O)Nc3ccc(-c4nnn(C)c4NC(=O)O[C@H](C)c4cccnc4Cl)nc3)(C1)C2. The molecule has 3 fully saturated rings. The minimum Gasteiger partial charge on any atom is -0.441 e. The van der Waals surface area contributed by atoms with E-state index in [1.807, 2.05) is 0 Å². The van der Waals surface area contributed by atoms with Crippen LogP contribution in [0.3, 0.4) is 0 Å². The number of hydrogen-bond donors (Lipinski definition) is 2. The summed E-state index contributed by atoms with van der Waals surface area (Å²) in [4.78, 5) is 33.8. The van der Waals surface area contributed by atoms with Crippen molar-refractivity contribution in [3.05, 3.63) is 47.4 Å². The zero-order valence-electron chi connectivity index (χ0n) is 21.3. The first-order chi connectivity index (χ1) is 18.4. The third kappa shape index (κ3) is 5.18. The molecule has 0 saturated heterocycles. The number of aryl methyl sites for hydroxylation is 1. The summed E-state index contributed by atoms with van der Waals surface area (Å²) in [5.74, 6) is 0.0278. The highest BCUT2D eigenvalue weighted by atomic mass is 35.5. The number of nitrogens with one attached hydrogen (secondary N) is 2. The van der Waals surface area contributed by atoms with Crippen molar-refractivity contribution in [2.45, 2.75) is 32.3 Å². The number of carbonyl (C=O) groups is 2. The second-order valence-electron chi connectivity index (χ2n) is 10.0. The van der Waals surface area contributed by atoms with Gasteiger partial charge < -0.3 is 10.1 Å². The van der Waals surface area contributed by atoms with E-state index in [2.05, 4.69) is 35.1 Å². The summed E-state index contributed by atoms with van der Waals surface area (Å²) >= 11 is 6.09. The van der Waals surface area contributed by atoms with Gasteiger partial charge in [0, 0.05) is 18.8 Å². The molecule has 6 rings (SSSR count). The summed E-state index contributed by atoms with van der Waals surface area (Å²) in [5.41, 5.74) is 0.834. The molecular formula is C24H26ClN7O6S. The van der Waals surface area contributed by atoms with Crippen LogP contribution in [0.4, 0.5) is 16.3 Å². The van der Waals surface area contributed by atoms with Crippen LogP contribution in [0.25, 0.3) is 11.4 Å². The largest absolute Gasteiger partial charge is 0.441 e. The standard InChI is InChI=1S/C24H26ClN7O6S/c1-14(16-5-4-8-26-19(16)25)38-22(34)29-20-18(30-31-32(20)2)17-7-6-15(9-27-17)28-21(33)24-10-23(11-24,12-24)13-39(35,36)37-3/h4-9,14H,10-13H2,1-3H3,(H,28,33)(H,29,34)/t14-,23?,24?/m1/s1. The molecule has 3 aromatic heterocycles. The highest BCUT2D eigenvalue weighted by molar-refractivity contribution is 7.86. The molecule has 0 aromatic carbocycles. The topological polar surface area (TPSA) is 167 Å². The van der Waals surface area contributed by atoms with Crippen LogP contribution < -0.4 is 10.6 Å². The fraction of sp³-hybridized carbons (Fsp3) is 0.417. The van der Waals surface area contributed by atoms with E-state index in [0.29, 0.717) is 41.9 Å². The monoisotopic (exact) mass is 575 g/mol. The van der Waals surface area contributed by atoms with Crippen LogP contribution >= 0.6 is 11.6 Å². The van der Waals surface area contributed by atoms with Crippen LogP contribution in [0.1, 0.15) is 37.9 Å². The molecule has 0 radical (unpaired) electrons. The van der Waals surface area contributed by atoms with Gasteiger partial charge in [0.25, 0.3) is 10.1 Å². The van der Waals surface area contributed by atoms with E-state index in [-0.39, 0.29) is 28.0 Å². The number of nitrogens with zero attached hydrogens (tertiary/aromatic N) is 5. The fourth-order valence-corrected chi connectivity index (χ4v) is 6.87. The maximum atomic E-state index is 12.9. The molecule has 206 valence electrons. The van der Waals surface area contributed by atoms with Gasteiger partial charge in [0.1, 0.15) is 11.3 Å². The van der Waals surface area contributed by atoms with Gasteiger partial charge in [-0.05, 0) is 49.8 Å². The molecule has 3 aliphatic carbocycles. The van der Waals surface area contributed by atoms with Gasteiger partial charge in [0.05, 0.1) is 35.9 Å². The van der Waals surface area contributed by atoms with E-state index in [1.165, 1.54) is 10.9 Å². The van der Waals surface area contributed by atoms with E-state index < -0.39 is 27.7 Å². The van der Waals surface area contributed by atoms with Crippen LogP contribution in [0.5, 0.6) is 0 Å². The number of anilines is 2. The molecule has 0 aliphatic heterocycles. The van der Waals surface area contributed by atoms with E-state index in [0.717, 1.165) is 7.11 Å². The maximum absolute atomic E-state index is 12.9. The Hall–Kier alpha value is -3.62. The second kappa shape index (κ2) is 9.84. The Morgan fingerprint density at radius 1 is 1.18 bits per heavy atom. The van der Waals surface area contributed by atoms with Gasteiger partial charge in [-0.2, -0.15) is 8.42 Å². The Labute approximate surface area is 229 Å². The first-order valence-corrected chi connectivity index (χ1v) is 13.9. The molecule has 3 heterocycles. The molecule has 0 unspecified atom stereocenters. The fourth-order valence-electron chi connectivity index (χ4n) is 5.42. The van der Waals surface area contributed by atoms with E-state index in [4.69, 9.17) is 16.3 Å². The Morgan fingerprint density at radius 2 is 1.92 bits per heavy atom. The predicted octanol–water partition coefficient (Wildman–Crippen LogP) is 3.32. The predicted molar refractivity (Wildman–Crippen MR) is 140 cm³/mol. The summed E-state index contributed by atoms with van der Waals surface area (Å²) in [7, 11) is -0.816. The number of amides is 2. The smallest absolute Gasteiger partial charge is 0.413 e. The Kier molecular flexibility index (Phi) is 6.81.